The van der Waals surface area contributed by atoms with Crippen LogP contribution >= 0.6 is 0 Å². The zero-order valence-corrected chi connectivity index (χ0v) is 11.8. The van der Waals surface area contributed by atoms with Crippen molar-refractivity contribution in [3.05, 3.63) is 29.8 Å². The van der Waals surface area contributed by atoms with E-state index in [1.54, 1.807) is 7.11 Å². The van der Waals surface area contributed by atoms with Crippen molar-refractivity contribution in [3.63, 3.8) is 0 Å². The van der Waals surface area contributed by atoms with Crippen molar-refractivity contribution in [2.24, 2.45) is 11.8 Å². The maximum absolute atomic E-state index is 5.18. The topological polar surface area (TPSA) is 21.3 Å². The van der Waals surface area contributed by atoms with Gasteiger partial charge in [-0.1, -0.05) is 26.0 Å². The molecule has 1 fully saturated rings. The molecule has 2 nitrogen and oxygen atoms in total. The maximum Gasteiger partial charge on any atom is 0.0713 e. The van der Waals surface area contributed by atoms with Gasteiger partial charge in [0.15, 0.2) is 0 Å². The highest BCUT2D eigenvalue weighted by Gasteiger charge is 2.24. The molecule has 100 valence electrons. The molecule has 2 rings (SSSR count). The van der Waals surface area contributed by atoms with Crippen molar-refractivity contribution >= 4 is 5.69 Å². The Balaban J connectivity index is 1.98. The van der Waals surface area contributed by atoms with Gasteiger partial charge in [-0.2, -0.15) is 0 Å². The number of benzene rings is 1. The second-order valence-electron chi connectivity index (χ2n) is 5.78. The van der Waals surface area contributed by atoms with Crippen LogP contribution in [0.25, 0.3) is 0 Å². The monoisotopic (exact) mass is 247 g/mol. The van der Waals surface area contributed by atoms with Crippen LogP contribution in [-0.2, 0) is 11.3 Å². The van der Waals surface area contributed by atoms with Gasteiger partial charge in [0.05, 0.1) is 6.61 Å². The van der Waals surface area contributed by atoms with Crippen LogP contribution in [-0.4, -0.2) is 13.2 Å². The third-order valence-electron chi connectivity index (χ3n) is 4.02. The molecule has 3 atom stereocenters. The van der Waals surface area contributed by atoms with Crippen LogP contribution in [0.5, 0.6) is 0 Å². The first kappa shape index (κ1) is 13.4. The van der Waals surface area contributed by atoms with Gasteiger partial charge < -0.3 is 10.1 Å². The number of methoxy groups -OCH3 is 1. The summed E-state index contributed by atoms with van der Waals surface area (Å²) in [5.74, 6) is 1.65. The van der Waals surface area contributed by atoms with E-state index in [4.69, 9.17) is 4.74 Å². The first-order chi connectivity index (χ1) is 8.69. The third-order valence-corrected chi connectivity index (χ3v) is 4.02. The summed E-state index contributed by atoms with van der Waals surface area (Å²) < 4.78 is 5.18. The van der Waals surface area contributed by atoms with Gasteiger partial charge in [-0.25, -0.2) is 0 Å². The minimum atomic E-state index is 0.624. The number of nitrogens with one attached hydrogen (secondary N) is 1. The minimum absolute atomic E-state index is 0.624. The Kier molecular flexibility index (Phi) is 4.65. The molecule has 0 aromatic heterocycles. The largest absolute Gasteiger partial charge is 0.382 e. The van der Waals surface area contributed by atoms with Gasteiger partial charge >= 0.3 is 0 Å². The molecule has 1 aliphatic carbocycles. The van der Waals surface area contributed by atoms with E-state index >= 15 is 0 Å². The lowest BCUT2D eigenvalue weighted by Gasteiger charge is -2.34. The molecule has 0 radical (unpaired) electrons. The van der Waals surface area contributed by atoms with Crippen molar-refractivity contribution in [1.29, 1.82) is 0 Å². The SMILES string of the molecule is COCc1cccc(NC2CCC(C)CC2C)c1. The first-order valence-electron chi connectivity index (χ1n) is 7.03. The van der Waals surface area contributed by atoms with Crippen LogP contribution in [0.2, 0.25) is 0 Å². The van der Waals surface area contributed by atoms with Gasteiger partial charge in [-0.3, -0.25) is 0 Å². The van der Waals surface area contributed by atoms with E-state index in [-0.39, 0.29) is 0 Å². The quantitative estimate of drug-likeness (QED) is 0.866. The van der Waals surface area contributed by atoms with Crippen molar-refractivity contribution in [2.45, 2.75) is 45.8 Å². The van der Waals surface area contributed by atoms with E-state index < -0.39 is 0 Å². The molecule has 0 spiro atoms. The molecule has 0 heterocycles. The number of rotatable bonds is 4. The summed E-state index contributed by atoms with van der Waals surface area (Å²) in [6, 6.07) is 9.20. The van der Waals surface area contributed by atoms with Gasteiger partial charge in [0.2, 0.25) is 0 Å². The standard InChI is InChI=1S/C16H25NO/c1-12-7-8-16(13(2)9-12)17-15-6-4-5-14(10-15)11-18-3/h4-6,10,12-13,16-17H,7-9,11H2,1-3H3. The lowest BCUT2D eigenvalue weighted by Crippen LogP contribution is -2.32. The van der Waals surface area contributed by atoms with Crippen molar-refractivity contribution in [1.82, 2.24) is 0 Å². The van der Waals surface area contributed by atoms with Crippen molar-refractivity contribution in [3.8, 4) is 0 Å². The minimum Gasteiger partial charge on any atom is -0.382 e. The van der Waals surface area contributed by atoms with Crippen molar-refractivity contribution in [2.75, 3.05) is 12.4 Å². The molecule has 1 saturated carbocycles. The lowest BCUT2D eigenvalue weighted by molar-refractivity contribution is 0.185. The molecule has 18 heavy (non-hydrogen) atoms. The van der Waals surface area contributed by atoms with E-state index in [1.807, 2.05) is 0 Å². The Bertz CT molecular complexity index is 377. The lowest BCUT2D eigenvalue weighted by atomic mass is 9.80. The second kappa shape index (κ2) is 6.24. The van der Waals surface area contributed by atoms with Crippen molar-refractivity contribution < 1.29 is 4.74 Å². The van der Waals surface area contributed by atoms with Gasteiger partial charge in [0.1, 0.15) is 0 Å². The molecular weight excluding hydrogens is 222 g/mol. The maximum atomic E-state index is 5.18. The molecule has 0 saturated heterocycles. The van der Waals surface area contributed by atoms with E-state index in [1.165, 1.54) is 30.5 Å². The Labute approximate surface area is 111 Å². The fourth-order valence-electron chi connectivity index (χ4n) is 3.01. The van der Waals surface area contributed by atoms with E-state index in [0.29, 0.717) is 12.6 Å². The summed E-state index contributed by atoms with van der Waals surface area (Å²) in [6.45, 7) is 5.42. The predicted octanol–water partition coefficient (Wildman–Crippen LogP) is 4.07. The van der Waals surface area contributed by atoms with E-state index in [2.05, 4.69) is 43.4 Å². The molecule has 0 amide bonds. The van der Waals surface area contributed by atoms with Gasteiger partial charge in [0.25, 0.3) is 0 Å². The highest BCUT2D eigenvalue weighted by Crippen LogP contribution is 2.30. The predicted molar refractivity (Wildman–Crippen MR) is 76.7 cm³/mol. The van der Waals surface area contributed by atoms with E-state index in [9.17, 15) is 0 Å². The summed E-state index contributed by atoms with van der Waals surface area (Å²) in [4.78, 5) is 0. The Morgan fingerprint density at radius 1 is 1.28 bits per heavy atom. The van der Waals surface area contributed by atoms with Crippen LogP contribution < -0.4 is 5.32 Å². The molecule has 1 N–H and O–H groups in total. The Morgan fingerprint density at radius 2 is 2.11 bits per heavy atom. The van der Waals surface area contributed by atoms with Gasteiger partial charge in [0, 0.05) is 18.8 Å². The summed E-state index contributed by atoms with van der Waals surface area (Å²) in [5.41, 5.74) is 2.47. The fraction of sp³-hybridized carbons (Fsp3) is 0.625. The molecular formula is C16H25NO. The fourth-order valence-corrected chi connectivity index (χ4v) is 3.01. The summed E-state index contributed by atoms with van der Waals surface area (Å²) in [7, 11) is 1.74. The third kappa shape index (κ3) is 3.49. The first-order valence-corrected chi connectivity index (χ1v) is 7.03. The molecule has 3 unspecified atom stereocenters. The molecule has 0 aliphatic heterocycles. The van der Waals surface area contributed by atoms with Crippen LogP contribution in [0.1, 0.15) is 38.7 Å². The van der Waals surface area contributed by atoms with Crippen LogP contribution in [0.3, 0.4) is 0 Å². The average molecular weight is 247 g/mol. The summed E-state index contributed by atoms with van der Waals surface area (Å²) in [6.07, 6.45) is 3.98. The van der Waals surface area contributed by atoms with Crippen LogP contribution in [0, 0.1) is 11.8 Å². The van der Waals surface area contributed by atoms with Crippen LogP contribution in [0.4, 0.5) is 5.69 Å². The molecule has 1 aromatic rings. The zero-order chi connectivity index (χ0) is 13.0. The average Bonchev–Trinajstić information content (AvgIpc) is 2.34. The molecule has 1 aromatic carbocycles. The highest BCUT2D eigenvalue weighted by molar-refractivity contribution is 5.46. The molecule has 2 heteroatoms. The molecule has 0 bridgehead atoms. The number of hydrogen-bond acceptors (Lipinski definition) is 2. The smallest absolute Gasteiger partial charge is 0.0713 e. The summed E-state index contributed by atoms with van der Waals surface area (Å²) in [5, 5.41) is 3.69. The normalized spacial score (nSPS) is 28.1. The van der Waals surface area contributed by atoms with E-state index in [0.717, 1.165) is 11.8 Å². The number of ether oxygens (including phenoxy) is 1. The van der Waals surface area contributed by atoms with Gasteiger partial charge in [-0.15, -0.1) is 0 Å². The molecule has 1 aliphatic rings. The van der Waals surface area contributed by atoms with Gasteiger partial charge in [-0.05, 0) is 48.8 Å². The Morgan fingerprint density at radius 3 is 2.83 bits per heavy atom. The number of anilines is 1. The highest BCUT2D eigenvalue weighted by atomic mass is 16.5. The zero-order valence-electron chi connectivity index (χ0n) is 11.8. The Hall–Kier alpha value is -1.02. The van der Waals surface area contributed by atoms with Crippen LogP contribution in [0.15, 0.2) is 24.3 Å². The summed E-state index contributed by atoms with van der Waals surface area (Å²) >= 11 is 0. The number of hydrogen-bond donors (Lipinski definition) is 1. The second-order valence-corrected chi connectivity index (χ2v) is 5.78.